The van der Waals surface area contributed by atoms with Crippen molar-refractivity contribution in [1.82, 2.24) is 19.8 Å². The van der Waals surface area contributed by atoms with E-state index in [2.05, 4.69) is 14.9 Å². The number of hydrogen-bond acceptors (Lipinski definition) is 6. The Hall–Kier alpha value is -3.16. The Labute approximate surface area is 171 Å². The molecule has 2 amide bonds. The van der Waals surface area contributed by atoms with Crippen LogP contribution in [0.5, 0.6) is 5.75 Å². The van der Waals surface area contributed by atoms with Gasteiger partial charge in [0.1, 0.15) is 5.75 Å². The maximum absolute atomic E-state index is 12.6. The summed E-state index contributed by atoms with van der Waals surface area (Å²) in [5, 5.41) is 0. The average Bonchev–Trinajstić information content (AvgIpc) is 2.77. The number of nitrogens with zero attached hydrogens (tertiary/aromatic N) is 5. The number of ether oxygens (including phenoxy) is 1. The molecule has 0 saturated carbocycles. The largest absolute Gasteiger partial charge is 0.497 e. The number of benzene rings is 1. The predicted molar refractivity (Wildman–Crippen MR) is 110 cm³/mol. The van der Waals surface area contributed by atoms with E-state index in [1.54, 1.807) is 30.5 Å². The van der Waals surface area contributed by atoms with Gasteiger partial charge in [0.25, 0.3) is 0 Å². The number of anilines is 1. The van der Waals surface area contributed by atoms with Crippen molar-refractivity contribution in [1.29, 1.82) is 0 Å². The van der Waals surface area contributed by atoms with Crippen molar-refractivity contribution in [3.63, 3.8) is 0 Å². The van der Waals surface area contributed by atoms with E-state index < -0.39 is 0 Å². The molecule has 1 aromatic heterocycles. The zero-order valence-corrected chi connectivity index (χ0v) is 17.0. The third-order valence-corrected chi connectivity index (χ3v) is 5.04. The first-order valence-electron chi connectivity index (χ1n) is 9.75. The van der Waals surface area contributed by atoms with Crippen LogP contribution in [0.2, 0.25) is 0 Å². The minimum Gasteiger partial charge on any atom is -0.497 e. The summed E-state index contributed by atoms with van der Waals surface area (Å²) >= 11 is 0. The number of carbonyl (C=O) groups is 2. The molecule has 0 spiro atoms. The maximum atomic E-state index is 12.6. The topological polar surface area (TPSA) is 78.9 Å². The highest BCUT2D eigenvalue weighted by atomic mass is 16.5. The standard InChI is InChI=1S/C21H27N5O3/c1-17(27)26(16-18-4-6-19(29-2)7-5-18)11-8-20(28)24-12-14-25(15-13-24)21-22-9-3-10-23-21/h3-7,9-10H,8,11-16H2,1-2H3. The molecule has 0 aliphatic carbocycles. The summed E-state index contributed by atoms with van der Waals surface area (Å²) in [6, 6.07) is 9.39. The molecular formula is C21H27N5O3. The van der Waals surface area contributed by atoms with Crippen LogP contribution in [0.15, 0.2) is 42.7 Å². The molecule has 2 aromatic rings. The number of methoxy groups -OCH3 is 1. The fourth-order valence-electron chi connectivity index (χ4n) is 3.30. The zero-order chi connectivity index (χ0) is 20.6. The van der Waals surface area contributed by atoms with Gasteiger partial charge in [-0.15, -0.1) is 0 Å². The second kappa shape index (κ2) is 9.86. The number of aromatic nitrogens is 2. The fraction of sp³-hybridized carbons (Fsp3) is 0.429. The van der Waals surface area contributed by atoms with E-state index in [1.165, 1.54) is 6.92 Å². The quantitative estimate of drug-likeness (QED) is 0.706. The van der Waals surface area contributed by atoms with Crippen LogP contribution in [-0.2, 0) is 16.1 Å². The molecule has 0 atom stereocenters. The van der Waals surface area contributed by atoms with Gasteiger partial charge >= 0.3 is 0 Å². The van der Waals surface area contributed by atoms with Gasteiger partial charge in [-0.3, -0.25) is 9.59 Å². The molecule has 1 aliphatic heterocycles. The molecule has 29 heavy (non-hydrogen) atoms. The Bertz CT molecular complexity index is 805. The summed E-state index contributed by atoms with van der Waals surface area (Å²) in [5.41, 5.74) is 1.00. The smallest absolute Gasteiger partial charge is 0.225 e. The van der Waals surface area contributed by atoms with Crippen LogP contribution < -0.4 is 9.64 Å². The van der Waals surface area contributed by atoms with Crippen LogP contribution in [0.4, 0.5) is 5.95 Å². The molecular weight excluding hydrogens is 370 g/mol. The van der Waals surface area contributed by atoms with Crippen molar-refractivity contribution in [2.75, 3.05) is 44.7 Å². The van der Waals surface area contributed by atoms with E-state index in [-0.39, 0.29) is 11.8 Å². The van der Waals surface area contributed by atoms with E-state index in [9.17, 15) is 9.59 Å². The normalized spacial score (nSPS) is 13.9. The Balaban J connectivity index is 1.48. The molecule has 8 heteroatoms. The van der Waals surface area contributed by atoms with E-state index in [4.69, 9.17) is 4.74 Å². The van der Waals surface area contributed by atoms with Gasteiger partial charge in [0.2, 0.25) is 17.8 Å². The first-order chi connectivity index (χ1) is 14.1. The molecule has 1 aliphatic rings. The third kappa shape index (κ3) is 5.66. The molecule has 0 bridgehead atoms. The van der Waals surface area contributed by atoms with E-state index >= 15 is 0 Å². The summed E-state index contributed by atoms with van der Waals surface area (Å²) in [4.78, 5) is 38.8. The van der Waals surface area contributed by atoms with Crippen LogP contribution in [0.3, 0.4) is 0 Å². The third-order valence-electron chi connectivity index (χ3n) is 5.04. The molecule has 154 valence electrons. The van der Waals surface area contributed by atoms with Crippen molar-refractivity contribution in [3.05, 3.63) is 48.3 Å². The van der Waals surface area contributed by atoms with Gasteiger partial charge in [0.05, 0.1) is 7.11 Å². The van der Waals surface area contributed by atoms with Crippen LogP contribution in [0.25, 0.3) is 0 Å². The molecule has 1 aromatic carbocycles. The summed E-state index contributed by atoms with van der Waals surface area (Å²) < 4.78 is 5.16. The van der Waals surface area contributed by atoms with Gasteiger partial charge in [-0.25, -0.2) is 9.97 Å². The summed E-state index contributed by atoms with van der Waals surface area (Å²) in [6.45, 7) is 5.10. The SMILES string of the molecule is COc1ccc(CN(CCC(=O)N2CCN(c3ncccn3)CC2)C(C)=O)cc1. The molecule has 3 rings (SSSR count). The van der Waals surface area contributed by atoms with Crippen LogP contribution >= 0.6 is 0 Å². The van der Waals surface area contributed by atoms with Crippen LogP contribution in [0, 0.1) is 0 Å². The predicted octanol–water partition coefficient (Wildman–Crippen LogP) is 1.57. The van der Waals surface area contributed by atoms with Crippen molar-refractivity contribution < 1.29 is 14.3 Å². The first kappa shape index (κ1) is 20.6. The zero-order valence-electron chi connectivity index (χ0n) is 17.0. The van der Waals surface area contributed by atoms with Crippen molar-refractivity contribution in [2.24, 2.45) is 0 Å². The molecule has 0 radical (unpaired) electrons. The van der Waals surface area contributed by atoms with E-state index in [0.717, 1.165) is 11.3 Å². The highest BCUT2D eigenvalue weighted by molar-refractivity contribution is 5.78. The second-order valence-electron chi connectivity index (χ2n) is 6.96. The molecule has 1 fully saturated rings. The van der Waals surface area contributed by atoms with Gasteiger partial charge in [-0.2, -0.15) is 0 Å². The van der Waals surface area contributed by atoms with Crippen LogP contribution in [-0.4, -0.2) is 71.4 Å². The summed E-state index contributed by atoms with van der Waals surface area (Å²) in [6.07, 6.45) is 3.76. The van der Waals surface area contributed by atoms with E-state index in [1.807, 2.05) is 29.2 Å². The molecule has 8 nitrogen and oxygen atoms in total. The second-order valence-corrected chi connectivity index (χ2v) is 6.96. The lowest BCUT2D eigenvalue weighted by molar-refractivity contribution is -0.134. The van der Waals surface area contributed by atoms with Gasteiger partial charge in [-0.1, -0.05) is 12.1 Å². The lowest BCUT2D eigenvalue weighted by Gasteiger charge is -2.35. The Morgan fingerprint density at radius 3 is 2.31 bits per heavy atom. The number of carbonyl (C=O) groups excluding carboxylic acids is 2. The molecule has 0 N–H and O–H groups in total. The number of piperazine rings is 1. The first-order valence-corrected chi connectivity index (χ1v) is 9.75. The minimum atomic E-state index is -0.0420. The summed E-state index contributed by atoms with van der Waals surface area (Å²) in [5.74, 6) is 1.50. The fourth-order valence-corrected chi connectivity index (χ4v) is 3.30. The van der Waals surface area contributed by atoms with Crippen molar-refractivity contribution in [2.45, 2.75) is 19.9 Å². The van der Waals surface area contributed by atoms with Crippen LogP contribution in [0.1, 0.15) is 18.9 Å². The molecule has 1 saturated heterocycles. The van der Waals surface area contributed by atoms with Gasteiger partial charge in [0.15, 0.2) is 0 Å². The summed E-state index contributed by atoms with van der Waals surface area (Å²) in [7, 11) is 1.62. The highest BCUT2D eigenvalue weighted by Crippen LogP contribution is 2.14. The molecule has 0 unspecified atom stereocenters. The minimum absolute atomic E-state index is 0.0420. The number of rotatable bonds is 7. The Morgan fingerprint density at radius 1 is 1.07 bits per heavy atom. The average molecular weight is 397 g/mol. The van der Waals surface area contributed by atoms with Gasteiger partial charge in [0, 0.05) is 65.0 Å². The Kier molecular flexibility index (Phi) is 6.99. The van der Waals surface area contributed by atoms with E-state index in [0.29, 0.717) is 51.6 Å². The van der Waals surface area contributed by atoms with Crippen molar-refractivity contribution in [3.8, 4) is 5.75 Å². The lowest BCUT2D eigenvalue weighted by atomic mass is 10.2. The van der Waals surface area contributed by atoms with Gasteiger partial charge in [-0.05, 0) is 23.8 Å². The highest BCUT2D eigenvalue weighted by Gasteiger charge is 2.23. The lowest BCUT2D eigenvalue weighted by Crippen LogP contribution is -2.49. The Morgan fingerprint density at radius 2 is 1.72 bits per heavy atom. The maximum Gasteiger partial charge on any atom is 0.225 e. The molecule has 2 heterocycles. The van der Waals surface area contributed by atoms with Crippen molar-refractivity contribution >= 4 is 17.8 Å². The van der Waals surface area contributed by atoms with Gasteiger partial charge < -0.3 is 19.4 Å². The monoisotopic (exact) mass is 397 g/mol. The number of amides is 2. The number of hydrogen-bond donors (Lipinski definition) is 0.